The molecule has 0 aromatic heterocycles. The van der Waals surface area contributed by atoms with Gasteiger partial charge in [-0.3, -0.25) is 0 Å². The van der Waals surface area contributed by atoms with E-state index >= 15 is 0 Å². The highest BCUT2D eigenvalue weighted by Crippen LogP contribution is 2.34. The minimum absolute atomic E-state index is 0.703. The summed E-state index contributed by atoms with van der Waals surface area (Å²) in [6.45, 7) is 4.12. The van der Waals surface area contributed by atoms with Crippen LogP contribution in [0, 0.1) is 6.92 Å². The molecule has 1 atom stereocenters. The summed E-state index contributed by atoms with van der Waals surface area (Å²) < 4.78 is 6.33. The van der Waals surface area contributed by atoms with Crippen molar-refractivity contribution in [2.45, 2.75) is 26.4 Å². The summed E-state index contributed by atoms with van der Waals surface area (Å²) in [7, 11) is 1.63. The second-order valence-corrected chi connectivity index (χ2v) is 5.71. The van der Waals surface area contributed by atoms with E-state index in [4.69, 9.17) is 4.74 Å². The normalized spacial score (nSPS) is 12.2. The molecule has 0 bridgehead atoms. The van der Waals surface area contributed by atoms with Crippen molar-refractivity contribution < 1.29 is 9.84 Å². The summed E-state index contributed by atoms with van der Waals surface area (Å²) in [5, 5.41) is 10.6. The summed E-state index contributed by atoms with van der Waals surface area (Å²) in [4.78, 5) is 0. The summed E-state index contributed by atoms with van der Waals surface area (Å²) >= 11 is 3.52. The van der Waals surface area contributed by atoms with Crippen molar-refractivity contribution in [1.82, 2.24) is 0 Å². The van der Waals surface area contributed by atoms with Crippen molar-refractivity contribution in [1.29, 1.82) is 0 Å². The van der Waals surface area contributed by atoms with Crippen LogP contribution in [0.5, 0.6) is 5.75 Å². The minimum atomic E-state index is -0.703. The number of aryl methyl sites for hydroxylation is 2. The number of rotatable bonds is 4. The van der Waals surface area contributed by atoms with Gasteiger partial charge >= 0.3 is 0 Å². The van der Waals surface area contributed by atoms with Gasteiger partial charge in [-0.25, -0.2) is 0 Å². The number of aliphatic hydroxyl groups excluding tert-OH is 1. The molecule has 0 saturated carbocycles. The highest BCUT2D eigenvalue weighted by Gasteiger charge is 2.18. The largest absolute Gasteiger partial charge is 0.496 e. The van der Waals surface area contributed by atoms with Gasteiger partial charge in [-0.15, -0.1) is 0 Å². The zero-order chi connectivity index (χ0) is 14.7. The maximum absolute atomic E-state index is 10.6. The van der Waals surface area contributed by atoms with Crippen LogP contribution in [-0.2, 0) is 6.42 Å². The molecule has 2 aromatic rings. The molecule has 2 nitrogen and oxygen atoms in total. The topological polar surface area (TPSA) is 29.5 Å². The van der Waals surface area contributed by atoms with Gasteiger partial charge in [0.25, 0.3) is 0 Å². The lowest BCUT2D eigenvalue weighted by Crippen LogP contribution is -2.04. The Labute approximate surface area is 128 Å². The first-order valence-electron chi connectivity index (χ1n) is 6.67. The zero-order valence-corrected chi connectivity index (χ0v) is 13.6. The number of hydrogen-bond donors (Lipinski definition) is 1. The van der Waals surface area contributed by atoms with E-state index in [0.29, 0.717) is 0 Å². The van der Waals surface area contributed by atoms with Gasteiger partial charge in [-0.2, -0.15) is 0 Å². The van der Waals surface area contributed by atoms with Crippen LogP contribution >= 0.6 is 15.9 Å². The predicted octanol–water partition coefficient (Wildman–Crippen LogP) is 4.41. The number of benzene rings is 2. The average Bonchev–Trinajstić information content (AvgIpc) is 2.46. The Morgan fingerprint density at radius 1 is 1.15 bits per heavy atom. The third-order valence-corrected chi connectivity index (χ3v) is 4.14. The van der Waals surface area contributed by atoms with Gasteiger partial charge in [0.1, 0.15) is 11.9 Å². The zero-order valence-electron chi connectivity index (χ0n) is 12.0. The predicted molar refractivity (Wildman–Crippen MR) is 85.3 cm³/mol. The quantitative estimate of drug-likeness (QED) is 0.897. The van der Waals surface area contributed by atoms with Crippen molar-refractivity contribution in [3.63, 3.8) is 0 Å². The number of ether oxygens (including phenoxy) is 1. The summed E-state index contributed by atoms with van der Waals surface area (Å²) in [6, 6.07) is 11.9. The second-order valence-electron chi connectivity index (χ2n) is 4.86. The molecule has 2 rings (SSSR count). The molecule has 1 N–H and O–H groups in total. The Hall–Kier alpha value is -1.32. The van der Waals surface area contributed by atoms with Crippen LogP contribution in [0.25, 0.3) is 0 Å². The third-order valence-electron chi connectivity index (χ3n) is 3.45. The van der Waals surface area contributed by atoms with E-state index in [1.807, 2.05) is 43.3 Å². The van der Waals surface area contributed by atoms with E-state index in [1.165, 1.54) is 5.56 Å². The molecule has 3 heteroatoms. The molecule has 0 radical (unpaired) electrons. The average molecular weight is 335 g/mol. The number of aliphatic hydroxyl groups is 1. The first kappa shape index (κ1) is 15.1. The fourth-order valence-corrected chi connectivity index (χ4v) is 2.93. The molecule has 0 aliphatic heterocycles. The molecule has 0 aliphatic rings. The molecule has 106 valence electrons. The van der Waals surface area contributed by atoms with Gasteiger partial charge in [-0.05, 0) is 42.2 Å². The lowest BCUT2D eigenvalue weighted by Gasteiger charge is -2.17. The van der Waals surface area contributed by atoms with Crippen LogP contribution in [0.3, 0.4) is 0 Å². The van der Waals surface area contributed by atoms with E-state index in [1.54, 1.807) is 7.11 Å². The Kier molecular flexibility index (Phi) is 4.84. The van der Waals surface area contributed by atoms with Crippen LogP contribution in [0.2, 0.25) is 0 Å². The van der Waals surface area contributed by atoms with Crippen LogP contribution in [0.1, 0.15) is 35.3 Å². The van der Waals surface area contributed by atoms with Crippen molar-refractivity contribution >= 4 is 15.9 Å². The first-order chi connectivity index (χ1) is 9.56. The van der Waals surface area contributed by atoms with Crippen LogP contribution in [-0.4, -0.2) is 12.2 Å². The highest BCUT2D eigenvalue weighted by atomic mass is 79.9. The number of hydrogen-bond acceptors (Lipinski definition) is 2. The maximum Gasteiger partial charge on any atom is 0.125 e. The monoisotopic (exact) mass is 334 g/mol. The molecule has 20 heavy (non-hydrogen) atoms. The van der Waals surface area contributed by atoms with E-state index in [0.717, 1.165) is 33.3 Å². The molecule has 0 amide bonds. The fraction of sp³-hybridized carbons (Fsp3) is 0.294. The Balaban J connectivity index is 2.44. The Bertz CT molecular complexity index is 608. The summed E-state index contributed by atoms with van der Waals surface area (Å²) in [6.07, 6.45) is 0.242. The van der Waals surface area contributed by atoms with E-state index in [9.17, 15) is 5.11 Å². The van der Waals surface area contributed by atoms with Crippen molar-refractivity contribution in [2.24, 2.45) is 0 Å². The Morgan fingerprint density at radius 3 is 2.45 bits per heavy atom. The fourth-order valence-electron chi connectivity index (χ4n) is 2.22. The van der Waals surface area contributed by atoms with E-state index in [-0.39, 0.29) is 0 Å². The van der Waals surface area contributed by atoms with E-state index < -0.39 is 6.10 Å². The van der Waals surface area contributed by atoms with Crippen LogP contribution in [0.15, 0.2) is 40.9 Å². The molecule has 0 spiro atoms. The van der Waals surface area contributed by atoms with Gasteiger partial charge in [0, 0.05) is 10.0 Å². The highest BCUT2D eigenvalue weighted by molar-refractivity contribution is 9.10. The standard InChI is InChI=1S/C17H19BrO2/c1-4-12-6-8-14(16(10-12)20-3)17(19)13-7-5-11(2)9-15(13)18/h5-10,17,19H,4H2,1-3H3. The van der Waals surface area contributed by atoms with Gasteiger partial charge in [0.2, 0.25) is 0 Å². The van der Waals surface area contributed by atoms with Crippen molar-refractivity contribution in [3.05, 3.63) is 63.1 Å². The van der Waals surface area contributed by atoms with Gasteiger partial charge < -0.3 is 9.84 Å². The van der Waals surface area contributed by atoms with Crippen LogP contribution < -0.4 is 4.74 Å². The second kappa shape index (κ2) is 6.42. The third kappa shape index (κ3) is 3.05. The summed E-state index contributed by atoms with van der Waals surface area (Å²) in [5.41, 5.74) is 3.98. The molecule has 0 fully saturated rings. The first-order valence-corrected chi connectivity index (χ1v) is 7.47. The van der Waals surface area contributed by atoms with Crippen molar-refractivity contribution in [3.8, 4) is 5.75 Å². The molecule has 1 unspecified atom stereocenters. The van der Waals surface area contributed by atoms with Crippen molar-refractivity contribution in [2.75, 3.05) is 7.11 Å². The molecule has 0 aliphatic carbocycles. The summed E-state index contributed by atoms with van der Waals surface area (Å²) in [5.74, 6) is 0.726. The minimum Gasteiger partial charge on any atom is -0.496 e. The molecule has 2 aromatic carbocycles. The smallest absolute Gasteiger partial charge is 0.125 e. The van der Waals surface area contributed by atoms with E-state index in [2.05, 4.69) is 22.9 Å². The Morgan fingerprint density at radius 2 is 1.85 bits per heavy atom. The van der Waals surface area contributed by atoms with Gasteiger partial charge in [0.15, 0.2) is 0 Å². The van der Waals surface area contributed by atoms with Crippen LogP contribution in [0.4, 0.5) is 0 Å². The lowest BCUT2D eigenvalue weighted by atomic mass is 9.98. The number of halogens is 1. The molecular formula is C17H19BrO2. The van der Waals surface area contributed by atoms with Gasteiger partial charge in [0.05, 0.1) is 7.11 Å². The lowest BCUT2D eigenvalue weighted by molar-refractivity contribution is 0.214. The molecular weight excluding hydrogens is 316 g/mol. The maximum atomic E-state index is 10.6. The SMILES string of the molecule is CCc1ccc(C(O)c2ccc(C)cc2Br)c(OC)c1. The number of methoxy groups -OCH3 is 1. The van der Waals surface area contributed by atoms with Gasteiger partial charge in [-0.1, -0.05) is 47.1 Å². The molecule has 0 heterocycles. The molecule has 0 saturated heterocycles.